The molecule has 0 spiro atoms. The van der Waals surface area contributed by atoms with Crippen molar-refractivity contribution < 1.29 is 22.0 Å². The van der Waals surface area contributed by atoms with E-state index in [1.807, 2.05) is 20.0 Å². The third-order valence-electron chi connectivity index (χ3n) is 5.04. The van der Waals surface area contributed by atoms with Crippen molar-refractivity contribution >= 4 is 23.0 Å². The van der Waals surface area contributed by atoms with Crippen LogP contribution in [-0.4, -0.2) is 24.7 Å². The number of halogens is 5. The van der Waals surface area contributed by atoms with Gasteiger partial charge < -0.3 is 10.6 Å². The zero-order valence-electron chi connectivity index (χ0n) is 17.8. The number of aryl methyl sites for hydroxylation is 3. The average molecular weight is 472 g/mol. The number of rotatable bonds is 6. The van der Waals surface area contributed by atoms with E-state index < -0.39 is 41.2 Å². The van der Waals surface area contributed by atoms with Crippen LogP contribution in [0.2, 0.25) is 0 Å². The summed E-state index contributed by atoms with van der Waals surface area (Å²) in [5, 5.41) is 14.8. The fourth-order valence-corrected chi connectivity index (χ4v) is 3.37. The molecule has 32 heavy (non-hydrogen) atoms. The smallest absolute Gasteiger partial charge is 0.200 e. The highest BCUT2D eigenvalue weighted by molar-refractivity contribution is 7.80. The molecule has 12 heteroatoms. The van der Waals surface area contributed by atoms with Crippen LogP contribution in [0.15, 0.2) is 6.20 Å². The Morgan fingerprint density at radius 2 is 1.53 bits per heavy atom. The second-order valence-electron chi connectivity index (χ2n) is 7.16. The summed E-state index contributed by atoms with van der Waals surface area (Å²) in [7, 11) is 0. The zero-order valence-corrected chi connectivity index (χ0v) is 18.6. The molecule has 2 heterocycles. The molecule has 3 aromatic rings. The van der Waals surface area contributed by atoms with Gasteiger partial charge >= 0.3 is 0 Å². The molecule has 1 aromatic carbocycles. The molecule has 2 N–H and O–H groups in total. The van der Waals surface area contributed by atoms with Crippen molar-refractivity contribution in [1.29, 1.82) is 0 Å². The molecule has 172 valence electrons. The number of aromatic nitrogens is 4. The fourth-order valence-electron chi connectivity index (χ4n) is 3.20. The van der Waals surface area contributed by atoms with Crippen LogP contribution in [0.5, 0.6) is 0 Å². The topological polar surface area (TPSA) is 59.7 Å². The zero-order chi connectivity index (χ0) is 23.7. The van der Waals surface area contributed by atoms with Gasteiger partial charge in [0.1, 0.15) is 0 Å². The predicted octanol–water partition coefficient (Wildman–Crippen LogP) is 4.26. The molecular weight excluding hydrogens is 451 g/mol. The maximum atomic E-state index is 14.0. The lowest BCUT2D eigenvalue weighted by Crippen LogP contribution is -2.28. The van der Waals surface area contributed by atoms with Crippen molar-refractivity contribution in [2.24, 2.45) is 0 Å². The Morgan fingerprint density at radius 1 is 0.938 bits per heavy atom. The van der Waals surface area contributed by atoms with Crippen molar-refractivity contribution in [1.82, 2.24) is 24.9 Å². The summed E-state index contributed by atoms with van der Waals surface area (Å²) in [5.74, 6) is -9.96. The highest BCUT2D eigenvalue weighted by Crippen LogP contribution is 2.26. The monoisotopic (exact) mass is 472 g/mol. The molecule has 0 radical (unpaired) electrons. The van der Waals surface area contributed by atoms with E-state index >= 15 is 0 Å². The van der Waals surface area contributed by atoms with Gasteiger partial charge in [-0.25, -0.2) is 22.0 Å². The Bertz CT molecular complexity index is 1160. The Morgan fingerprint density at radius 3 is 2.09 bits per heavy atom. The third kappa shape index (κ3) is 4.45. The first-order valence-corrected chi connectivity index (χ1v) is 10.1. The molecule has 0 unspecified atom stereocenters. The van der Waals surface area contributed by atoms with Crippen LogP contribution < -0.4 is 10.6 Å². The van der Waals surface area contributed by atoms with Crippen LogP contribution in [0.1, 0.15) is 35.1 Å². The molecule has 2 aromatic heterocycles. The third-order valence-corrected chi connectivity index (χ3v) is 5.29. The summed E-state index contributed by atoms with van der Waals surface area (Å²) in [6.45, 7) is 7.60. The minimum absolute atomic E-state index is 0.274. The molecule has 0 saturated heterocycles. The minimum Gasteiger partial charge on any atom is -0.358 e. The largest absolute Gasteiger partial charge is 0.358 e. The number of benzene rings is 1. The van der Waals surface area contributed by atoms with Gasteiger partial charge in [0.05, 0.1) is 34.9 Å². The number of nitrogens with one attached hydrogen (secondary N) is 2. The Hall–Kier alpha value is -3.02. The van der Waals surface area contributed by atoms with Gasteiger partial charge in [-0.05, 0) is 39.9 Å². The molecule has 0 aliphatic carbocycles. The van der Waals surface area contributed by atoms with Crippen LogP contribution in [0.3, 0.4) is 0 Å². The van der Waals surface area contributed by atoms with Crippen molar-refractivity contribution in [3.63, 3.8) is 0 Å². The van der Waals surface area contributed by atoms with Gasteiger partial charge in [-0.15, -0.1) is 0 Å². The van der Waals surface area contributed by atoms with Crippen molar-refractivity contribution in [3.8, 4) is 0 Å². The summed E-state index contributed by atoms with van der Waals surface area (Å²) in [5.41, 5.74) is 2.17. The lowest BCUT2D eigenvalue weighted by Gasteiger charge is -2.12. The standard InChI is InChI=1S/C20H21F5N6S/c1-5-30-7-12(9(2)28-30)6-26-20(32)27-19-10(3)29-31(11(19)4)8-13-14(21)16(23)18(25)17(24)15(13)22/h7H,5-6,8H2,1-4H3,(H2,26,27,32). The van der Waals surface area contributed by atoms with E-state index in [9.17, 15) is 22.0 Å². The highest BCUT2D eigenvalue weighted by Gasteiger charge is 2.26. The van der Waals surface area contributed by atoms with E-state index in [0.29, 0.717) is 23.6 Å². The first-order valence-electron chi connectivity index (χ1n) is 9.67. The summed E-state index contributed by atoms with van der Waals surface area (Å²) in [4.78, 5) is 0. The molecule has 0 aliphatic heterocycles. The van der Waals surface area contributed by atoms with Gasteiger partial charge in [0, 0.05) is 24.8 Å². The number of hydrogen-bond donors (Lipinski definition) is 2. The Balaban J connectivity index is 1.77. The predicted molar refractivity (Wildman–Crippen MR) is 113 cm³/mol. The van der Waals surface area contributed by atoms with Crippen molar-refractivity contribution in [2.45, 2.75) is 47.3 Å². The van der Waals surface area contributed by atoms with E-state index in [-0.39, 0.29) is 5.11 Å². The van der Waals surface area contributed by atoms with E-state index in [4.69, 9.17) is 12.2 Å². The number of hydrogen-bond acceptors (Lipinski definition) is 3. The van der Waals surface area contributed by atoms with Crippen LogP contribution in [0.25, 0.3) is 0 Å². The van der Waals surface area contributed by atoms with E-state index in [0.717, 1.165) is 22.5 Å². The van der Waals surface area contributed by atoms with Gasteiger partial charge in [0.15, 0.2) is 28.4 Å². The molecular formula is C20H21F5N6S. The number of thiocarbonyl (C=S) groups is 1. The average Bonchev–Trinajstić information content (AvgIpc) is 3.26. The van der Waals surface area contributed by atoms with Crippen molar-refractivity contribution in [3.05, 3.63) is 63.5 Å². The maximum absolute atomic E-state index is 14.0. The molecule has 0 atom stereocenters. The lowest BCUT2D eigenvalue weighted by atomic mass is 10.1. The van der Waals surface area contributed by atoms with Crippen molar-refractivity contribution in [2.75, 3.05) is 5.32 Å². The molecule has 0 bridgehead atoms. The summed E-state index contributed by atoms with van der Waals surface area (Å²) in [6.07, 6.45) is 1.91. The number of nitrogens with zero attached hydrogens (tertiary/aromatic N) is 4. The normalized spacial score (nSPS) is 11.2. The van der Waals surface area contributed by atoms with Crippen LogP contribution >= 0.6 is 12.2 Å². The highest BCUT2D eigenvalue weighted by atomic mass is 32.1. The van der Waals surface area contributed by atoms with Crippen LogP contribution in [-0.2, 0) is 19.6 Å². The molecule has 0 fully saturated rings. The molecule has 0 saturated carbocycles. The molecule has 0 amide bonds. The first kappa shape index (κ1) is 23.6. The van der Waals surface area contributed by atoms with Gasteiger partial charge in [0.25, 0.3) is 0 Å². The Kier molecular flexibility index (Phi) is 6.82. The van der Waals surface area contributed by atoms with Crippen LogP contribution in [0.4, 0.5) is 27.6 Å². The minimum atomic E-state index is -2.20. The number of anilines is 1. The summed E-state index contributed by atoms with van der Waals surface area (Å²) in [6, 6.07) is 0. The van der Waals surface area contributed by atoms with E-state index in [2.05, 4.69) is 20.8 Å². The Labute approximate surface area is 186 Å². The summed E-state index contributed by atoms with van der Waals surface area (Å²) < 4.78 is 71.3. The van der Waals surface area contributed by atoms with Gasteiger partial charge in [-0.2, -0.15) is 10.2 Å². The van der Waals surface area contributed by atoms with E-state index in [1.54, 1.807) is 18.5 Å². The van der Waals surface area contributed by atoms with Crippen LogP contribution in [0, 0.1) is 49.9 Å². The van der Waals surface area contributed by atoms with E-state index in [1.165, 1.54) is 0 Å². The second-order valence-corrected chi connectivity index (χ2v) is 7.56. The second kappa shape index (κ2) is 9.23. The summed E-state index contributed by atoms with van der Waals surface area (Å²) >= 11 is 5.31. The first-order chi connectivity index (χ1) is 15.0. The lowest BCUT2D eigenvalue weighted by molar-refractivity contribution is 0.366. The van der Waals surface area contributed by atoms with Gasteiger partial charge in [-0.3, -0.25) is 9.36 Å². The fraction of sp³-hybridized carbons (Fsp3) is 0.350. The molecule has 0 aliphatic rings. The molecule has 6 nitrogen and oxygen atoms in total. The molecule has 3 rings (SSSR count). The SMILES string of the molecule is CCn1cc(CNC(=S)Nc2c(C)nn(Cc3c(F)c(F)c(F)c(F)c3F)c2C)c(C)n1. The van der Waals surface area contributed by atoms with Gasteiger partial charge in [-0.1, -0.05) is 0 Å². The quantitative estimate of drug-likeness (QED) is 0.243. The maximum Gasteiger partial charge on any atom is 0.200 e. The van der Waals surface area contributed by atoms with Gasteiger partial charge in [0.2, 0.25) is 5.82 Å².